The third kappa shape index (κ3) is 82.2. The molecule has 66 heavy (non-hydrogen) atoms. The summed E-state index contributed by atoms with van der Waals surface area (Å²) in [6, 6.07) is 0. The molecule has 0 aromatic carbocycles. The molecule has 0 radical (unpaired) electrons. The van der Waals surface area contributed by atoms with Gasteiger partial charge in [0.05, 0.1) is 13.6 Å². The lowest BCUT2D eigenvalue weighted by Crippen LogP contribution is -1.87. The first-order valence-corrected chi connectivity index (χ1v) is 95.6. The summed E-state index contributed by atoms with van der Waals surface area (Å²) >= 11 is 14.4. The van der Waals surface area contributed by atoms with Crippen molar-refractivity contribution in [3.8, 4) is 0 Å². The van der Waals surface area contributed by atoms with E-state index in [1.807, 2.05) is 423 Å². The Kier molecular flexibility index (Phi) is 109. The van der Waals surface area contributed by atoms with Crippen molar-refractivity contribution >= 4 is 630 Å². The van der Waals surface area contributed by atoms with Gasteiger partial charge in [-0.25, -0.2) is 0 Å². The van der Waals surface area contributed by atoms with Gasteiger partial charge < -0.3 is 4.18 Å². The first kappa shape index (κ1) is 88.1. The third-order valence-electron chi connectivity index (χ3n) is 1.93. The molecule has 398 valence electrons. The maximum Gasteiger partial charge on any atom is 0.0817 e. The molecule has 0 unspecified atom stereocenters. The first-order chi connectivity index (χ1) is 32.6. The monoisotopic (exact) mass is 2080 g/mol. The molecule has 0 saturated heterocycles. The van der Waals surface area contributed by atoms with Crippen LogP contribution in [0.4, 0.5) is 0 Å². The molecule has 0 saturated carbocycles. The normalized spacial score (nSPS) is 12.0. The number of hydrogen-bond donors (Lipinski definition) is 1. The lowest BCUT2D eigenvalue weighted by molar-refractivity contribution is 0.491. The molecule has 0 amide bonds. The van der Waals surface area contributed by atoms with E-state index in [9.17, 15) is 0 Å². The van der Waals surface area contributed by atoms with Crippen LogP contribution in [0.2, 0.25) is 0 Å². The molecule has 0 atom stereocenters. The van der Waals surface area contributed by atoms with Crippen molar-refractivity contribution in [2.45, 2.75) is 0 Å². The van der Waals surface area contributed by atoms with Gasteiger partial charge in [-0.3, -0.25) is 0 Å². The zero-order chi connectivity index (χ0) is 47.6. The Morgan fingerprint density at radius 3 is 0.424 bits per heavy atom. The fourth-order valence-electron chi connectivity index (χ4n) is 0.721. The Morgan fingerprint density at radius 2 is 0.318 bits per heavy atom. The second-order valence-electron chi connectivity index (χ2n) is 4.66. The molecule has 0 rings (SSSR count). The van der Waals surface area contributed by atoms with E-state index in [0.29, 0.717) is 0 Å². The molecule has 0 aliphatic carbocycles. The lowest BCUT2D eigenvalue weighted by Gasteiger charge is -2.03. The van der Waals surface area contributed by atoms with Crippen molar-refractivity contribution < 1.29 is 4.18 Å². The predicted octanol–water partition coefficient (Wildman–Crippen LogP) is 39.4. The Bertz CT molecular complexity index is 939. The zero-order valence-electron chi connectivity index (χ0n) is 27.6. The molecule has 0 aliphatic rings. The van der Waals surface area contributed by atoms with Crippen molar-refractivity contribution in [2.24, 2.45) is 0 Å². The minimum absolute atomic E-state index is 1.46. The topological polar surface area (TPSA) is 9.23 Å². The van der Waals surface area contributed by atoms with Crippen LogP contribution in [0.25, 0.3) is 0 Å². The molecular weight excluding hydrogens is 2080 g/mol. The fraction of sp³-hybridized carbons (Fsp3) is 1.00. The molecule has 0 heterocycles. The number of rotatable bonds is 61. The smallest absolute Gasteiger partial charge is 0.0817 e. The van der Waals surface area contributed by atoms with Gasteiger partial charge in [-0.1, -0.05) is 11.7 Å². The van der Waals surface area contributed by atoms with Crippen molar-refractivity contribution in [1.29, 1.82) is 0 Å². The van der Waals surface area contributed by atoms with Crippen LogP contribution in [-0.2, 0) is 33.0 Å². The van der Waals surface area contributed by atoms with Crippen molar-refractivity contribution in [1.82, 2.24) is 0 Å². The van der Waals surface area contributed by atoms with E-state index in [4.69, 9.17) is 26.6 Å². The molecule has 0 aromatic heterocycles. The van der Waals surface area contributed by atoms with Crippen LogP contribution in [0.5, 0.6) is 0 Å². The van der Waals surface area contributed by atoms with Gasteiger partial charge >= 0.3 is 0 Å². The summed E-state index contributed by atoms with van der Waals surface area (Å²) in [5, 5.41) is 0. The average Bonchev–Trinajstić information content (AvgIpc) is 3.32. The average molecular weight is 2080 g/mol. The first-order valence-electron chi connectivity index (χ1n) is 11.1. The summed E-state index contributed by atoms with van der Waals surface area (Å²) < 4.78 is 5.12. The molecule has 0 spiro atoms. The van der Waals surface area contributed by atoms with E-state index in [1.165, 1.54) is 19.7 Å². The fourth-order valence-corrected chi connectivity index (χ4v) is 167. The summed E-state index contributed by atoms with van der Waals surface area (Å²) in [5.41, 5.74) is 0. The van der Waals surface area contributed by atoms with Gasteiger partial charge in [-0.05, 0) is 101 Å². The molecular formula is CH4OS64. The van der Waals surface area contributed by atoms with E-state index in [1.54, 1.807) is 154 Å². The predicted molar refractivity (Wildman–Crippen MR) is 494 cm³/mol. The van der Waals surface area contributed by atoms with Gasteiger partial charge in [0.15, 0.2) is 0 Å². The van der Waals surface area contributed by atoms with Crippen molar-refractivity contribution in [3.63, 3.8) is 0 Å². The summed E-state index contributed by atoms with van der Waals surface area (Å²) in [6.45, 7) is -1.80. The van der Waals surface area contributed by atoms with Crippen LogP contribution >= 0.6 is 601 Å². The molecule has 0 aromatic rings. The second kappa shape index (κ2) is 81.3. The maximum atomic E-state index is 5.17. The highest BCUT2D eigenvalue weighted by Crippen LogP contribution is 2.70. The van der Waals surface area contributed by atoms with Gasteiger partial charge in [0.2, 0.25) is 0 Å². The quantitative estimate of drug-likeness (QED) is 0.0352. The third-order valence-corrected chi connectivity index (χ3v) is 140. The van der Waals surface area contributed by atoms with Gasteiger partial charge in [-0.15, -0.1) is 0 Å². The van der Waals surface area contributed by atoms with Gasteiger partial charge in [-0.2, -0.15) is 0 Å². The minimum Gasteiger partial charge on any atom is -0.305 e. The van der Waals surface area contributed by atoms with E-state index in [2.05, 4.69) is 11.7 Å². The molecule has 65 heteroatoms. The van der Waals surface area contributed by atoms with Crippen LogP contribution in [0.1, 0.15) is 0 Å². The van der Waals surface area contributed by atoms with Crippen LogP contribution in [0, 0.1) is 0 Å². The van der Waals surface area contributed by atoms with Crippen LogP contribution in [-0.4, -0.2) is 7.11 Å². The van der Waals surface area contributed by atoms with Gasteiger partial charge in [0.1, 0.15) is 0 Å². The largest absolute Gasteiger partial charge is 0.305 e. The van der Waals surface area contributed by atoms with Crippen LogP contribution in [0.3, 0.4) is 0 Å². The van der Waals surface area contributed by atoms with E-state index in [0.717, 1.165) is 0 Å². The Morgan fingerprint density at radius 1 is 0.212 bits per heavy atom. The molecule has 1 nitrogen and oxygen atoms in total. The minimum atomic E-state index is -1.80. The molecule has 0 bridgehead atoms. The lowest BCUT2D eigenvalue weighted by atomic mass is 11.8. The SMILES string of the molecule is COS(=S)(=S)SSSSSSSSSSSSSSSSSSSSSSSSSSSSSSSSSSSSSSSSSSSSSSSSSSSSSSSSSSSSS. The van der Waals surface area contributed by atoms with E-state index < -0.39 is 6.46 Å². The van der Waals surface area contributed by atoms with Gasteiger partial charge in [0.25, 0.3) is 0 Å². The van der Waals surface area contributed by atoms with Crippen LogP contribution < -0.4 is 0 Å². The number of hydrogen-bond acceptors (Lipinski definition) is 64. The molecule has 0 aliphatic heterocycles. The summed E-state index contributed by atoms with van der Waals surface area (Å²) in [6.07, 6.45) is 0. The second-order valence-corrected chi connectivity index (χ2v) is 118. The maximum absolute atomic E-state index is 5.17. The summed E-state index contributed by atoms with van der Waals surface area (Å²) in [7, 11) is 109. The van der Waals surface area contributed by atoms with Crippen molar-refractivity contribution in [2.75, 3.05) is 7.11 Å². The Balaban J connectivity index is 3.08. The number of thiol groups is 1. The standard InChI is InChI=1S/CH4OS64/c1-2-66(4,5)65-64-63-62-61-60-59-58-57-56-55-54-53-52-51-50-49-48-47-46-45-44-43-42-41-40-39-38-37-36-35-34-33-32-31-30-29-28-27-26-25-24-23-22-21-20-19-18-17-16-15-14-13-12-11-10-9-8-7-6-3/h3H,1H3. The van der Waals surface area contributed by atoms with E-state index in [-0.39, 0.29) is 0 Å². The zero-order valence-corrected chi connectivity index (χ0v) is 79.9. The highest BCUT2D eigenvalue weighted by molar-refractivity contribution is 9.64. The summed E-state index contributed by atoms with van der Waals surface area (Å²) in [4.78, 5) is 0. The summed E-state index contributed by atoms with van der Waals surface area (Å²) in [5.74, 6) is 0. The van der Waals surface area contributed by atoms with Gasteiger partial charge in [0, 0.05) is 511 Å². The molecule has 0 N–H and O–H groups in total. The Labute approximate surface area is 623 Å². The molecule has 0 fully saturated rings. The van der Waals surface area contributed by atoms with Crippen molar-refractivity contribution in [3.05, 3.63) is 0 Å². The van der Waals surface area contributed by atoms with E-state index >= 15 is 0 Å². The highest BCUT2D eigenvalue weighted by atomic mass is 34.1. The highest BCUT2D eigenvalue weighted by Gasteiger charge is 2.06. The van der Waals surface area contributed by atoms with Crippen LogP contribution in [0.15, 0.2) is 0 Å². The Hall–Kier alpha value is 22.1.